The molecule has 28 heteroatoms. The fraction of sp³-hybridized carbons (Fsp3) is 0.670. The summed E-state index contributed by atoms with van der Waals surface area (Å²) in [5.41, 5.74) is 8.92. The van der Waals surface area contributed by atoms with E-state index >= 15 is 0 Å². The Morgan fingerprint density at radius 3 is 0.590 bits per heavy atom. The van der Waals surface area contributed by atoms with Crippen LogP contribution >= 0.6 is 0 Å². The fourth-order valence-electron chi connectivity index (χ4n) is 18.9. The Hall–Kier alpha value is -7.91. The van der Waals surface area contributed by atoms with Crippen molar-refractivity contribution in [1.29, 1.82) is 0 Å². The average molecular weight is 1850 g/mol. The number of hydrogen-bond donors (Lipinski definition) is 14. The summed E-state index contributed by atoms with van der Waals surface area (Å²) in [6.45, 7) is 15.2. The van der Waals surface area contributed by atoms with Crippen LogP contribution in [0.1, 0.15) is 230 Å². The van der Waals surface area contributed by atoms with E-state index in [1.165, 1.54) is 135 Å². The zero-order valence-corrected chi connectivity index (χ0v) is 79.2. The molecule has 7 saturated heterocycles. The van der Waals surface area contributed by atoms with Gasteiger partial charge in [0.05, 0.1) is 43.4 Å². The van der Waals surface area contributed by atoms with Crippen molar-refractivity contribution in [2.75, 3.05) is 138 Å². The van der Waals surface area contributed by atoms with Gasteiger partial charge in [-0.3, -0.25) is 34.9 Å². The van der Waals surface area contributed by atoms with Crippen molar-refractivity contribution in [3.8, 4) is 40.2 Å². The quantitative estimate of drug-likeness (QED) is 0.0158. The van der Waals surface area contributed by atoms with E-state index in [9.17, 15) is 0 Å². The summed E-state index contributed by atoms with van der Waals surface area (Å²) in [7, 11) is 0. The molecule has 0 amide bonds. The van der Waals surface area contributed by atoms with Gasteiger partial charge in [0.25, 0.3) is 0 Å². The number of unbranched alkanes of at least 4 members (excludes halogenated alkanes) is 4. The standard InChI is InChI=1S/4C16H24N2O2.3C14H20N2O2/c4*19-6-2-1-3-12-8-16(12)13-7-15(10-17-9-13)20-11-14-4-5-18-14;3*17-8-12-5-11(12)3-10-4-14(7-15-6-10)18-9-13-1-2-16-13/h4*7,9-10,12,14,16,18-19H,1-6,8,11H2;3*4,6-7,11-13,16-17H,1-3,5,8-9H2/t12-,14+,16?;12-,14+,16+;12-,14-,16?;12-,14-,16-;11-,12?,13-;11-,12+,13+;11-,12-,13+/m1100011/s1. The molecule has 3 unspecified atom stereocenters. The van der Waals surface area contributed by atoms with E-state index in [1.54, 1.807) is 18.6 Å². The molecule has 7 saturated carbocycles. The molecular weight excluding hydrogens is 1690 g/mol. The maximum absolute atomic E-state index is 9.04. The van der Waals surface area contributed by atoms with E-state index < -0.39 is 0 Å². The van der Waals surface area contributed by atoms with E-state index in [1.807, 2.05) is 68.2 Å². The summed E-state index contributed by atoms with van der Waals surface area (Å²) in [6, 6.07) is 18.5. The van der Waals surface area contributed by atoms with Gasteiger partial charge in [-0.05, 0) is 371 Å². The molecule has 21 rings (SSSR count). The molecule has 0 radical (unpaired) electrons. The summed E-state index contributed by atoms with van der Waals surface area (Å²) in [5, 5.41) is 85.7. The van der Waals surface area contributed by atoms with Gasteiger partial charge in [0.1, 0.15) is 86.5 Å². The van der Waals surface area contributed by atoms with Crippen LogP contribution in [0.25, 0.3) is 0 Å². The molecule has 14 N–H and O–H groups in total. The molecule has 734 valence electrons. The summed E-state index contributed by atoms with van der Waals surface area (Å²) < 4.78 is 40.4. The summed E-state index contributed by atoms with van der Waals surface area (Å²) in [6.07, 6.45) is 59.3. The lowest BCUT2D eigenvalue weighted by molar-refractivity contribution is 0.216. The second-order valence-corrected chi connectivity index (χ2v) is 40.4. The van der Waals surface area contributed by atoms with E-state index in [-0.39, 0.29) is 0 Å². The molecule has 0 spiro atoms. The summed E-state index contributed by atoms with van der Waals surface area (Å²) in [5.74, 6) is 15.4. The normalized spacial score (nSPS) is 28.7. The third kappa shape index (κ3) is 34.0. The molecule has 28 nitrogen and oxygen atoms in total. The topological polar surface area (TPSA) is 381 Å². The van der Waals surface area contributed by atoms with Crippen LogP contribution in [0, 0.1) is 59.2 Å². The van der Waals surface area contributed by atoms with Crippen LogP contribution in [0.2, 0.25) is 0 Å². The van der Waals surface area contributed by atoms with Gasteiger partial charge in [-0.1, -0.05) is 25.7 Å². The molecule has 134 heavy (non-hydrogen) atoms. The third-order valence-corrected chi connectivity index (χ3v) is 29.6. The molecule has 21 atom stereocenters. The van der Waals surface area contributed by atoms with Crippen LogP contribution in [-0.2, 0) is 19.3 Å². The highest BCUT2D eigenvalue weighted by molar-refractivity contribution is 5.35. The lowest BCUT2D eigenvalue weighted by Gasteiger charge is -2.27. The Morgan fingerprint density at radius 1 is 0.224 bits per heavy atom. The van der Waals surface area contributed by atoms with Gasteiger partial charge < -0.3 is 106 Å². The maximum Gasteiger partial charge on any atom is 0.137 e. The number of ether oxygens (including phenoxy) is 7. The molecule has 14 heterocycles. The molecule has 7 aliphatic carbocycles. The van der Waals surface area contributed by atoms with Crippen molar-refractivity contribution >= 4 is 0 Å². The van der Waals surface area contributed by atoms with Gasteiger partial charge in [-0.25, -0.2) is 0 Å². The van der Waals surface area contributed by atoms with E-state index in [2.05, 4.69) is 115 Å². The first-order valence-corrected chi connectivity index (χ1v) is 51.4. The first kappa shape index (κ1) is 101. The fourth-order valence-corrected chi connectivity index (χ4v) is 18.9. The number of aliphatic hydroxyl groups excluding tert-OH is 7. The number of aromatic nitrogens is 7. The van der Waals surface area contributed by atoms with Crippen molar-refractivity contribution in [2.24, 2.45) is 59.2 Å². The van der Waals surface area contributed by atoms with Crippen molar-refractivity contribution in [3.63, 3.8) is 0 Å². The highest BCUT2D eigenvalue weighted by Gasteiger charge is 2.43. The minimum Gasteiger partial charge on any atom is -0.490 e. The zero-order chi connectivity index (χ0) is 92.3. The zero-order valence-electron chi connectivity index (χ0n) is 79.2. The van der Waals surface area contributed by atoms with E-state index in [0.717, 1.165) is 246 Å². The summed E-state index contributed by atoms with van der Waals surface area (Å²) >= 11 is 0. The molecule has 7 aliphatic heterocycles. The monoisotopic (exact) mass is 1850 g/mol. The Balaban J connectivity index is 0.000000119. The SMILES string of the molecule is OCC1C[C@@H]1Cc1cncc(OC[C@@H]2CCN2)c1.OCCCC[C@@H]1CC1c1cncc(OC[C@@H]2CCN2)c1.OCCCC[C@@H]1C[C@@H]1c1cncc(OC[C@@H]2CCN2)c1.OCCCC[C@H]1CC1c1cncc(OC[C@@H]2CCN2)c1.OCCCC[C@H]1C[C@@H]1c1cncc(OC[C@@H]2CCN2)c1.OC[C@@H]1C[C@H]1Cc1cncc(OC[C@@H]2CCN2)c1.OC[C@H]1C[C@H]1Cc1cncc(OC[C@@H]2CCN2)c1. The van der Waals surface area contributed by atoms with Gasteiger partial charge >= 0.3 is 0 Å². The van der Waals surface area contributed by atoms with Crippen molar-refractivity contribution in [3.05, 3.63) is 168 Å². The number of aliphatic hydroxyl groups is 7. The Morgan fingerprint density at radius 2 is 0.418 bits per heavy atom. The van der Waals surface area contributed by atoms with Gasteiger partial charge in [0.15, 0.2) is 0 Å². The Kier molecular flexibility index (Phi) is 40.4. The smallest absolute Gasteiger partial charge is 0.137 e. The van der Waals surface area contributed by atoms with Gasteiger partial charge in [0, 0.05) is 132 Å². The molecule has 0 aromatic carbocycles. The van der Waals surface area contributed by atoms with Crippen LogP contribution in [-0.4, -0.2) is 251 Å². The largest absolute Gasteiger partial charge is 0.490 e. The highest BCUT2D eigenvalue weighted by atomic mass is 16.5. The summed E-state index contributed by atoms with van der Waals surface area (Å²) in [4.78, 5) is 29.9. The molecule has 7 aromatic heterocycles. The van der Waals surface area contributed by atoms with Crippen LogP contribution in [0.3, 0.4) is 0 Å². The van der Waals surface area contributed by atoms with Crippen molar-refractivity contribution in [2.45, 2.75) is 252 Å². The lowest BCUT2D eigenvalue weighted by Crippen LogP contribution is -2.46. The van der Waals surface area contributed by atoms with E-state index in [4.69, 9.17) is 68.9 Å². The first-order valence-electron chi connectivity index (χ1n) is 51.4. The second kappa shape index (κ2) is 53.9. The van der Waals surface area contributed by atoms with Gasteiger partial charge in [-0.15, -0.1) is 0 Å². The average Bonchev–Trinajstić information content (AvgIpc) is 1.66. The van der Waals surface area contributed by atoms with Crippen LogP contribution in [0.4, 0.5) is 0 Å². The molecule has 14 fully saturated rings. The number of nitrogens with one attached hydrogen (secondary N) is 7. The van der Waals surface area contributed by atoms with Gasteiger partial charge in [0.2, 0.25) is 0 Å². The number of nitrogens with zero attached hydrogens (tertiary/aromatic N) is 7. The third-order valence-electron chi connectivity index (χ3n) is 29.6. The highest BCUT2D eigenvalue weighted by Crippen LogP contribution is 2.54. The maximum atomic E-state index is 9.04. The lowest BCUT2D eigenvalue weighted by atomic mass is 10.1. The predicted molar refractivity (Wildman–Crippen MR) is 517 cm³/mol. The minimum absolute atomic E-state index is 0.317. The molecule has 14 aliphatic rings. The Bertz CT molecular complexity index is 4010. The number of hydrogen-bond acceptors (Lipinski definition) is 28. The number of pyridine rings is 7. The molecular formula is C106H156N14O14. The minimum atomic E-state index is 0.317. The van der Waals surface area contributed by atoms with Gasteiger partial charge in [-0.2, -0.15) is 0 Å². The number of rotatable bonds is 50. The predicted octanol–water partition coefficient (Wildman–Crippen LogP) is 11.3. The first-order chi connectivity index (χ1) is 66.0. The molecule has 0 bridgehead atoms. The van der Waals surface area contributed by atoms with Crippen molar-refractivity contribution < 1.29 is 68.9 Å². The van der Waals surface area contributed by atoms with E-state index in [0.29, 0.717) is 148 Å². The van der Waals surface area contributed by atoms with Crippen molar-refractivity contribution in [1.82, 2.24) is 72.1 Å². The van der Waals surface area contributed by atoms with Crippen LogP contribution in [0.5, 0.6) is 40.2 Å². The van der Waals surface area contributed by atoms with Crippen LogP contribution in [0.15, 0.2) is 129 Å². The van der Waals surface area contributed by atoms with Crippen LogP contribution < -0.4 is 70.4 Å². The Labute approximate surface area is 794 Å². The second-order valence-electron chi connectivity index (χ2n) is 40.4. The molecule has 7 aromatic rings.